The molecule has 3 atom stereocenters. The van der Waals surface area contributed by atoms with E-state index in [0.717, 1.165) is 24.1 Å². The molecule has 2 N–H and O–H groups in total. The minimum Gasteiger partial charge on any atom is -0.506 e. The average Bonchev–Trinajstić information content (AvgIpc) is 2.33. The molecule has 3 heteroatoms. The molecule has 1 saturated carbocycles. The van der Waals surface area contributed by atoms with Crippen LogP contribution < -0.4 is 5.32 Å². The molecule has 0 saturated heterocycles. The summed E-state index contributed by atoms with van der Waals surface area (Å²) < 4.78 is 0. The lowest BCUT2D eigenvalue weighted by atomic mass is 9.78. The van der Waals surface area contributed by atoms with Gasteiger partial charge in [0.15, 0.2) is 0 Å². The van der Waals surface area contributed by atoms with Gasteiger partial charge in [0, 0.05) is 12.6 Å². The van der Waals surface area contributed by atoms with Crippen LogP contribution in [-0.2, 0) is 6.54 Å². The molecule has 1 heterocycles. The Morgan fingerprint density at radius 1 is 1.35 bits per heavy atom. The first kappa shape index (κ1) is 12.4. The summed E-state index contributed by atoms with van der Waals surface area (Å²) >= 11 is 0. The lowest BCUT2D eigenvalue weighted by molar-refractivity contribution is 0.205. The van der Waals surface area contributed by atoms with Gasteiger partial charge in [0.1, 0.15) is 5.75 Å². The Bertz CT molecular complexity index is 350. The van der Waals surface area contributed by atoms with Crippen molar-refractivity contribution in [2.24, 2.45) is 11.8 Å². The van der Waals surface area contributed by atoms with Crippen LogP contribution in [0, 0.1) is 11.8 Å². The van der Waals surface area contributed by atoms with E-state index in [1.54, 1.807) is 6.07 Å². The van der Waals surface area contributed by atoms with Gasteiger partial charge in [-0.1, -0.05) is 26.7 Å². The van der Waals surface area contributed by atoms with E-state index in [4.69, 9.17) is 5.11 Å². The molecule has 0 aromatic carbocycles. The molecule has 1 aliphatic rings. The van der Waals surface area contributed by atoms with Crippen molar-refractivity contribution in [3.8, 4) is 5.75 Å². The lowest BCUT2D eigenvalue weighted by Crippen LogP contribution is -2.40. The van der Waals surface area contributed by atoms with Crippen LogP contribution in [0.2, 0.25) is 0 Å². The smallest absolute Gasteiger partial charge is 0.133 e. The molecule has 0 aliphatic heterocycles. The summed E-state index contributed by atoms with van der Waals surface area (Å²) in [5.74, 6) is 1.78. The number of hydrogen-bond acceptors (Lipinski definition) is 3. The van der Waals surface area contributed by atoms with Crippen LogP contribution in [0.4, 0.5) is 0 Å². The van der Waals surface area contributed by atoms with Crippen molar-refractivity contribution < 1.29 is 5.11 Å². The van der Waals surface area contributed by atoms with Gasteiger partial charge in [-0.15, -0.1) is 0 Å². The first-order chi connectivity index (χ1) is 8.16. The van der Waals surface area contributed by atoms with E-state index in [0.29, 0.717) is 6.04 Å². The van der Waals surface area contributed by atoms with Crippen LogP contribution in [0.25, 0.3) is 0 Å². The third-order valence-corrected chi connectivity index (χ3v) is 4.06. The SMILES string of the molecule is CC1CCCC(NCc2ccc(O)cn2)C1C. The quantitative estimate of drug-likeness (QED) is 0.845. The zero-order valence-corrected chi connectivity index (χ0v) is 10.7. The van der Waals surface area contributed by atoms with E-state index in [-0.39, 0.29) is 5.75 Å². The van der Waals surface area contributed by atoms with E-state index in [2.05, 4.69) is 24.1 Å². The van der Waals surface area contributed by atoms with Crippen molar-refractivity contribution in [3.63, 3.8) is 0 Å². The molecule has 94 valence electrons. The summed E-state index contributed by atoms with van der Waals surface area (Å²) in [7, 11) is 0. The maximum atomic E-state index is 9.17. The highest BCUT2D eigenvalue weighted by molar-refractivity contribution is 5.17. The Kier molecular flexibility index (Phi) is 4.00. The van der Waals surface area contributed by atoms with Crippen LogP contribution in [0.5, 0.6) is 5.75 Å². The fourth-order valence-corrected chi connectivity index (χ4v) is 2.63. The second-order valence-electron chi connectivity index (χ2n) is 5.26. The summed E-state index contributed by atoms with van der Waals surface area (Å²) in [6.07, 6.45) is 5.45. The minimum absolute atomic E-state index is 0.230. The van der Waals surface area contributed by atoms with Gasteiger partial charge in [0.2, 0.25) is 0 Å². The van der Waals surface area contributed by atoms with Crippen molar-refractivity contribution in [1.82, 2.24) is 10.3 Å². The molecule has 1 aromatic heterocycles. The fourth-order valence-electron chi connectivity index (χ4n) is 2.63. The number of nitrogens with zero attached hydrogens (tertiary/aromatic N) is 1. The van der Waals surface area contributed by atoms with E-state index < -0.39 is 0 Å². The molecule has 0 bridgehead atoms. The van der Waals surface area contributed by atoms with Gasteiger partial charge in [-0.25, -0.2) is 0 Å². The summed E-state index contributed by atoms with van der Waals surface area (Å²) in [5, 5.41) is 12.8. The van der Waals surface area contributed by atoms with Crippen LogP contribution in [0.3, 0.4) is 0 Å². The normalized spacial score (nSPS) is 29.2. The number of rotatable bonds is 3. The highest BCUT2D eigenvalue weighted by Gasteiger charge is 2.26. The topological polar surface area (TPSA) is 45.1 Å². The van der Waals surface area contributed by atoms with Crippen molar-refractivity contribution in [2.45, 2.75) is 45.7 Å². The fraction of sp³-hybridized carbons (Fsp3) is 0.643. The predicted octanol–water partition coefficient (Wildman–Crippen LogP) is 2.70. The minimum atomic E-state index is 0.230. The van der Waals surface area contributed by atoms with Gasteiger partial charge in [-0.05, 0) is 30.4 Å². The Morgan fingerprint density at radius 2 is 2.18 bits per heavy atom. The van der Waals surface area contributed by atoms with Crippen molar-refractivity contribution >= 4 is 0 Å². The summed E-state index contributed by atoms with van der Waals surface area (Å²) in [6.45, 7) is 5.48. The predicted molar refractivity (Wildman–Crippen MR) is 68.7 cm³/mol. The lowest BCUT2D eigenvalue weighted by Gasteiger charge is -2.34. The number of pyridine rings is 1. The van der Waals surface area contributed by atoms with Crippen LogP contribution in [0.15, 0.2) is 18.3 Å². The van der Waals surface area contributed by atoms with Gasteiger partial charge in [-0.3, -0.25) is 4.98 Å². The zero-order chi connectivity index (χ0) is 12.3. The molecule has 2 rings (SSSR count). The molecule has 1 aromatic rings. The van der Waals surface area contributed by atoms with Crippen LogP contribution in [0.1, 0.15) is 38.8 Å². The molecular formula is C14H22N2O. The molecule has 17 heavy (non-hydrogen) atoms. The first-order valence-corrected chi connectivity index (χ1v) is 6.54. The molecule has 0 spiro atoms. The highest BCUT2D eigenvalue weighted by atomic mass is 16.3. The number of hydrogen-bond donors (Lipinski definition) is 2. The number of aromatic hydroxyl groups is 1. The van der Waals surface area contributed by atoms with Crippen LogP contribution >= 0.6 is 0 Å². The van der Waals surface area contributed by atoms with E-state index >= 15 is 0 Å². The first-order valence-electron chi connectivity index (χ1n) is 6.54. The molecule has 0 radical (unpaired) electrons. The largest absolute Gasteiger partial charge is 0.506 e. The van der Waals surface area contributed by atoms with Gasteiger partial charge in [0.25, 0.3) is 0 Å². The van der Waals surface area contributed by atoms with Gasteiger partial charge < -0.3 is 10.4 Å². The summed E-state index contributed by atoms with van der Waals surface area (Å²) in [4.78, 5) is 4.19. The van der Waals surface area contributed by atoms with Crippen molar-refractivity contribution in [1.29, 1.82) is 0 Å². The third kappa shape index (κ3) is 3.19. The second kappa shape index (κ2) is 5.50. The maximum absolute atomic E-state index is 9.17. The van der Waals surface area contributed by atoms with Gasteiger partial charge in [-0.2, -0.15) is 0 Å². The van der Waals surface area contributed by atoms with E-state index in [9.17, 15) is 0 Å². The van der Waals surface area contributed by atoms with Gasteiger partial charge in [0.05, 0.1) is 11.9 Å². The Morgan fingerprint density at radius 3 is 2.88 bits per heavy atom. The van der Waals surface area contributed by atoms with Crippen LogP contribution in [-0.4, -0.2) is 16.1 Å². The average molecular weight is 234 g/mol. The maximum Gasteiger partial charge on any atom is 0.133 e. The molecule has 1 fully saturated rings. The molecule has 0 amide bonds. The van der Waals surface area contributed by atoms with Crippen molar-refractivity contribution in [2.75, 3.05) is 0 Å². The monoisotopic (exact) mass is 234 g/mol. The van der Waals surface area contributed by atoms with Gasteiger partial charge >= 0.3 is 0 Å². The van der Waals surface area contributed by atoms with Crippen molar-refractivity contribution in [3.05, 3.63) is 24.0 Å². The zero-order valence-electron chi connectivity index (χ0n) is 10.7. The van der Waals surface area contributed by atoms with E-state index in [1.807, 2.05) is 6.07 Å². The molecule has 1 aliphatic carbocycles. The Hall–Kier alpha value is -1.09. The number of nitrogens with one attached hydrogen (secondary N) is 1. The molecule has 3 nitrogen and oxygen atoms in total. The van der Waals surface area contributed by atoms with E-state index in [1.165, 1.54) is 25.5 Å². The third-order valence-electron chi connectivity index (χ3n) is 4.06. The summed E-state index contributed by atoms with van der Waals surface area (Å²) in [6, 6.07) is 4.17. The Labute approximate surface area is 103 Å². The summed E-state index contributed by atoms with van der Waals surface area (Å²) in [5.41, 5.74) is 0.994. The molecule has 3 unspecified atom stereocenters. The Balaban J connectivity index is 1.87. The highest BCUT2D eigenvalue weighted by Crippen LogP contribution is 2.29. The molecular weight excluding hydrogens is 212 g/mol. The number of aromatic nitrogens is 1. The standard InChI is InChI=1S/C14H22N2O/c1-10-4-3-5-14(11(10)2)16-8-12-6-7-13(17)9-15-12/h6-7,9-11,14,16-17H,3-5,8H2,1-2H3. The second-order valence-corrected chi connectivity index (χ2v) is 5.26.